The average Bonchev–Trinajstić information content (AvgIpc) is 2.98. The van der Waals surface area contributed by atoms with Crippen molar-refractivity contribution in [2.24, 2.45) is 4.40 Å². The van der Waals surface area contributed by atoms with E-state index in [2.05, 4.69) is 4.40 Å². The van der Waals surface area contributed by atoms with Gasteiger partial charge in [-0.2, -0.15) is 8.42 Å². The molecule has 0 unspecified atom stereocenters. The van der Waals surface area contributed by atoms with E-state index < -0.39 is 22.6 Å². The van der Waals surface area contributed by atoms with E-state index in [4.69, 9.17) is 9.47 Å². The summed E-state index contributed by atoms with van der Waals surface area (Å²) in [6.45, 7) is 1.72. The van der Waals surface area contributed by atoms with Gasteiger partial charge in [0.25, 0.3) is 10.0 Å². The minimum Gasteiger partial charge on any atom is -0.494 e. The molecule has 1 aliphatic heterocycles. The number of ketones is 1. The number of rotatable bonds is 7. The predicted octanol–water partition coefficient (Wildman–Crippen LogP) is 1.89. The van der Waals surface area contributed by atoms with Crippen molar-refractivity contribution in [2.45, 2.75) is 11.8 Å². The van der Waals surface area contributed by atoms with Gasteiger partial charge in [-0.05, 0) is 43.3 Å². The van der Waals surface area contributed by atoms with Crippen LogP contribution in [0.15, 0.2) is 57.8 Å². The highest BCUT2D eigenvalue weighted by Gasteiger charge is 2.31. The molecule has 0 aliphatic carbocycles. The van der Waals surface area contributed by atoms with E-state index in [0.717, 1.165) is 0 Å². The zero-order chi connectivity index (χ0) is 21.0. The average molecular weight is 416 g/mol. The van der Waals surface area contributed by atoms with Gasteiger partial charge in [-0.25, -0.2) is 0 Å². The van der Waals surface area contributed by atoms with E-state index in [1.165, 1.54) is 18.0 Å². The summed E-state index contributed by atoms with van der Waals surface area (Å²) in [5, 5.41) is 0. The normalized spacial score (nSPS) is 13.9. The molecule has 0 radical (unpaired) electrons. The first-order valence-electron chi connectivity index (χ1n) is 8.89. The van der Waals surface area contributed by atoms with Gasteiger partial charge < -0.3 is 14.4 Å². The zero-order valence-electron chi connectivity index (χ0n) is 16.0. The third-order valence-corrected chi connectivity index (χ3v) is 5.52. The van der Waals surface area contributed by atoms with Gasteiger partial charge in [0.15, 0.2) is 18.2 Å². The first kappa shape index (κ1) is 20.5. The Hall–Kier alpha value is -3.20. The molecule has 0 spiro atoms. The van der Waals surface area contributed by atoms with Crippen molar-refractivity contribution in [1.29, 1.82) is 0 Å². The SMILES string of the molecule is CCOc1ccc(C(=O)COC(=O)CN(C)C2=NS(=O)(=O)c3ccccc32)cc1. The Morgan fingerprint density at radius 3 is 2.45 bits per heavy atom. The topological polar surface area (TPSA) is 102 Å². The van der Waals surface area contributed by atoms with Crippen molar-refractivity contribution in [3.63, 3.8) is 0 Å². The third kappa shape index (κ3) is 4.62. The number of hydrogen-bond donors (Lipinski definition) is 0. The molecule has 3 rings (SSSR count). The van der Waals surface area contributed by atoms with Crippen LogP contribution >= 0.6 is 0 Å². The number of sulfonamides is 1. The first-order chi connectivity index (χ1) is 13.8. The molecule has 0 aromatic heterocycles. The van der Waals surface area contributed by atoms with Gasteiger partial charge in [-0.15, -0.1) is 4.40 Å². The maximum absolute atomic E-state index is 12.2. The molecule has 29 heavy (non-hydrogen) atoms. The molecule has 1 aliphatic rings. The van der Waals surface area contributed by atoms with E-state index in [1.54, 1.807) is 42.5 Å². The standard InChI is InChI=1S/C20H20N2O6S/c1-3-27-15-10-8-14(9-11-15)17(23)13-28-19(24)12-22(2)20-16-6-4-5-7-18(16)29(25,26)21-20/h4-11H,3,12-13H2,1-2H3. The second-order valence-electron chi connectivity index (χ2n) is 6.28. The molecule has 0 saturated heterocycles. The van der Waals surface area contributed by atoms with Crippen LogP contribution in [0, 0.1) is 0 Å². The Balaban J connectivity index is 1.58. The number of likely N-dealkylation sites (N-methyl/N-ethyl adjacent to an activating group) is 1. The first-order valence-corrected chi connectivity index (χ1v) is 10.3. The third-order valence-electron chi connectivity index (χ3n) is 4.19. The highest BCUT2D eigenvalue weighted by atomic mass is 32.2. The molecule has 0 amide bonds. The van der Waals surface area contributed by atoms with Crippen molar-refractivity contribution in [2.75, 3.05) is 26.8 Å². The van der Waals surface area contributed by atoms with Crippen molar-refractivity contribution < 1.29 is 27.5 Å². The van der Waals surface area contributed by atoms with Gasteiger partial charge in [-0.1, -0.05) is 12.1 Å². The van der Waals surface area contributed by atoms with Gasteiger partial charge in [0, 0.05) is 18.2 Å². The Labute approximate surface area is 168 Å². The lowest BCUT2D eigenvalue weighted by molar-refractivity contribution is -0.142. The van der Waals surface area contributed by atoms with Crippen LogP contribution in [0.5, 0.6) is 5.75 Å². The lowest BCUT2D eigenvalue weighted by Gasteiger charge is -2.17. The van der Waals surface area contributed by atoms with Gasteiger partial charge in [0.2, 0.25) is 0 Å². The number of nitrogens with zero attached hydrogens (tertiary/aromatic N) is 2. The van der Waals surface area contributed by atoms with E-state index in [1.807, 2.05) is 6.92 Å². The lowest BCUT2D eigenvalue weighted by Crippen LogP contribution is -2.33. The Morgan fingerprint density at radius 1 is 1.07 bits per heavy atom. The highest BCUT2D eigenvalue weighted by Crippen LogP contribution is 2.26. The smallest absolute Gasteiger partial charge is 0.326 e. The summed E-state index contributed by atoms with van der Waals surface area (Å²) in [4.78, 5) is 25.8. The number of carbonyl (C=O) groups is 2. The summed E-state index contributed by atoms with van der Waals surface area (Å²) >= 11 is 0. The Morgan fingerprint density at radius 2 is 1.76 bits per heavy atom. The van der Waals surface area contributed by atoms with E-state index in [-0.39, 0.29) is 23.1 Å². The number of Topliss-reactive ketones (excluding diaryl/α,β-unsaturated/α-hetero) is 1. The fraction of sp³-hybridized carbons (Fsp3) is 0.250. The van der Waals surface area contributed by atoms with Crippen LogP contribution in [0.25, 0.3) is 0 Å². The molecule has 0 atom stereocenters. The maximum Gasteiger partial charge on any atom is 0.326 e. The molecule has 8 nitrogen and oxygen atoms in total. The monoisotopic (exact) mass is 416 g/mol. The quantitative estimate of drug-likeness (QED) is 0.502. The molecule has 9 heteroatoms. The number of ether oxygens (including phenoxy) is 2. The predicted molar refractivity (Wildman–Crippen MR) is 106 cm³/mol. The van der Waals surface area contributed by atoms with Crippen molar-refractivity contribution in [3.8, 4) is 5.75 Å². The summed E-state index contributed by atoms with van der Waals surface area (Å²) in [7, 11) is -2.24. The maximum atomic E-state index is 12.2. The molecule has 152 valence electrons. The molecule has 2 aromatic rings. The summed E-state index contributed by atoms with van der Waals surface area (Å²) in [5.74, 6) is -0.211. The Kier molecular flexibility index (Phi) is 5.97. The molecule has 0 saturated carbocycles. The van der Waals surface area contributed by atoms with Gasteiger partial charge in [-0.3, -0.25) is 9.59 Å². The molecule has 0 bridgehead atoms. The fourth-order valence-corrected chi connectivity index (χ4v) is 4.06. The number of carbonyl (C=O) groups excluding carboxylic acids is 2. The van der Waals surface area contributed by atoms with Crippen LogP contribution in [0.4, 0.5) is 0 Å². The van der Waals surface area contributed by atoms with E-state index in [0.29, 0.717) is 23.5 Å². The van der Waals surface area contributed by atoms with Gasteiger partial charge in [0.1, 0.15) is 17.2 Å². The molecule has 2 aromatic carbocycles. The van der Waals surface area contributed by atoms with Crippen molar-refractivity contribution >= 4 is 27.6 Å². The van der Waals surface area contributed by atoms with Crippen LogP contribution in [-0.4, -0.2) is 57.7 Å². The van der Waals surface area contributed by atoms with Gasteiger partial charge in [0.05, 0.1) is 6.61 Å². The summed E-state index contributed by atoms with van der Waals surface area (Å²) in [6.07, 6.45) is 0. The number of fused-ring (bicyclic) bond motifs is 1. The fourth-order valence-electron chi connectivity index (χ4n) is 2.81. The largest absolute Gasteiger partial charge is 0.494 e. The van der Waals surface area contributed by atoms with E-state index >= 15 is 0 Å². The van der Waals surface area contributed by atoms with Crippen LogP contribution in [0.3, 0.4) is 0 Å². The summed E-state index contributed by atoms with van der Waals surface area (Å²) in [5.41, 5.74) is 0.822. The second kappa shape index (κ2) is 8.44. The number of benzene rings is 2. The van der Waals surface area contributed by atoms with Crippen LogP contribution in [0.2, 0.25) is 0 Å². The molecular formula is C20H20N2O6S. The highest BCUT2D eigenvalue weighted by molar-refractivity contribution is 7.90. The molecule has 0 N–H and O–H groups in total. The van der Waals surface area contributed by atoms with E-state index in [9.17, 15) is 18.0 Å². The molecular weight excluding hydrogens is 396 g/mol. The molecule has 0 fully saturated rings. The minimum absolute atomic E-state index is 0.0981. The van der Waals surface area contributed by atoms with Crippen molar-refractivity contribution in [3.05, 3.63) is 59.7 Å². The number of esters is 1. The number of hydrogen-bond acceptors (Lipinski definition) is 7. The van der Waals surface area contributed by atoms with Crippen LogP contribution in [0.1, 0.15) is 22.8 Å². The second-order valence-corrected chi connectivity index (χ2v) is 7.86. The van der Waals surface area contributed by atoms with Crippen LogP contribution < -0.4 is 4.74 Å². The zero-order valence-corrected chi connectivity index (χ0v) is 16.8. The van der Waals surface area contributed by atoms with Gasteiger partial charge >= 0.3 is 5.97 Å². The molecule has 1 heterocycles. The van der Waals surface area contributed by atoms with Crippen molar-refractivity contribution in [1.82, 2.24) is 4.90 Å². The summed E-state index contributed by atoms with van der Waals surface area (Å²) < 4.78 is 38.3. The lowest BCUT2D eigenvalue weighted by atomic mass is 10.1. The van der Waals surface area contributed by atoms with Crippen LogP contribution in [-0.2, 0) is 19.6 Å². The minimum atomic E-state index is -3.78. The Bertz CT molecular complexity index is 1060. The summed E-state index contributed by atoms with van der Waals surface area (Å²) in [6, 6.07) is 12.9. The number of amidine groups is 1.